The molecule has 12 heteroatoms. The molecule has 0 spiro atoms. The molecule has 0 radical (unpaired) electrons. The summed E-state index contributed by atoms with van der Waals surface area (Å²) in [6.07, 6.45) is 1.03. The van der Waals surface area contributed by atoms with Crippen molar-refractivity contribution >= 4 is 66.2 Å². The number of hydrogen-bond acceptors (Lipinski definition) is 5. The molecular weight excluding hydrogens is 509 g/mol. The molecule has 0 saturated carbocycles. The van der Waals surface area contributed by atoms with Crippen LogP contribution in [-0.2, 0) is 20.0 Å². The highest BCUT2D eigenvalue weighted by atomic mass is 35.5. The molecule has 174 valence electrons. The van der Waals surface area contributed by atoms with Crippen LogP contribution in [0.4, 0.5) is 17.1 Å². The molecule has 0 atom stereocenters. The summed E-state index contributed by atoms with van der Waals surface area (Å²) in [4.78, 5) is 12.7. The first-order valence-corrected chi connectivity index (χ1v) is 13.4. The van der Waals surface area contributed by atoms with Gasteiger partial charge < -0.3 is 5.32 Å². The summed E-state index contributed by atoms with van der Waals surface area (Å²) in [5.41, 5.74) is 0.795. The number of rotatable bonds is 7. The van der Waals surface area contributed by atoms with E-state index in [0.717, 1.165) is 10.6 Å². The van der Waals surface area contributed by atoms with Gasteiger partial charge >= 0.3 is 0 Å². The Morgan fingerprint density at radius 3 is 2.15 bits per heavy atom. The van der Waals surface area contributed by atoms with Crippen LogP contribution in [-0.4, -0.2) is 36.0 Å². The molecule has 8 nitrogen and oxygen atoms in total. The van der Waals surface area contributed by atoms with E-state index < -0.39 is 26.0 Å². The van der Waals surface area contributed by atoms with E-state index in [1.165, 1.54) is 55.6 Å². The average Bonchev–Trinajstić information content (AvgIpc) is 2.76. The van der Waals surface area contributed by atoms with Gasteiger partial charge in [-0.3, -0.25) is 13.8 Å². The van der Waals surface area contributed by atoms with Gasteiger partial charge in [-0.1, -0.05) is 41.4 Å². The molecule has 1 amide bonds. The Labute approximate surface area is 202 Å². The Hall–Kier alpha value is -2.79. The quantitative estimate of drug-likeness (QED) is 0.471. The lowest BCUT2D eigenvalue weighted by Gasteiger charge is -2.19. The van der Waals surface area contributed by atoms with Crippen molar-refractivity contribution in [3.05, 3.63) is 82.3 Å². The van der Waals surface area contributed by atoms with Crippen LogP contribution in [0.5, 0.6) is 0 Å². The van der Waals surface area contributed by atoms with Crippen molar-refractivity contribution in [3.8, 4) is 0 Å². The van der Waals surface area contributed by atoms with Crippen molar-refractivity contribution in [1.82, 2.24) is 0 Å². The van der Waals surface area contributed by atoms with Crippen molar-refractivity contribution < 1.29 is 21.6 Å². The zero-order valence-corrected chi connectivity index (χ0v) is 20.6. The molecule has 3 aromatic rings. The van der Waals surface area contributed by atoms with Gasteiger partial charge in [-0.2, -0.15) is 0 Å². The second-order valence-corrected chi connectivity index (χ2v) is 11.4. The molecular formula is C21H19Cl2N3O5S2. The summed E-state index contributed by atoms with van der Waals surface area (Å²) < 4.78 is 52.5. The Bertz CT molecular complexity index is 1410. The number of anilines is 3. The highest BCUT2D eigenvalue weighted by Gasteiger charge is 2.20. The number of para-hydroxylation sites is 1. The summed E-state index contributed by atoms with van der Waals surface area (Å²) in [6, 6.07) is 16.2. The maximum Gasteiger partial charge on any atom is 0.261 e. The van der Waals surface area contributed by atoms with Crippen molar-refractivity contribution in [2.45, 2.75) is 4.90 Å². The van der Waals surface area contributed by atoms with Gasteiger partial charge in [0.25, 0.3) is 15.9 Å². The van der Waals surface area contributed by atoms with Gasteiger partial charge in [0.05, 0.1) is 38.1 Å². The lowest BCUT2D eigenvalue weighted by atomic mass is 10.1. The van der Waals surface area contributed by atoms with Gasteiger partial charge in [-0.15, -0.1) is 0 Å². The summed E-state index contributed by atoms with van der Waals surface area (Å²) >= 11 is 12.0. The van der Waals surface area contributed by atoms with Crippen LogP contribution in [0.1, 0.15) is 10.4 Å². The Morgan fingerprint density at radius 2 is 1.52 bits per heavy atom. The minimum absolute atomic E-state index is 0.0613. The topological polar surface area (TPSA) is 113 Å². The molecule has 0 aliphatic carbocycles. The van der Waals surface area contributed by atoms with Gasteiger partial charge in [0, 0.05) is 12.7 Å². The van der Waals surface area contributed by atoms with Crippen molar-refractivity contribution in [1.29, 1.82) is 0 Å². The van der Waals surface area contributed by atoms with Gasteiger partial charge in [0.1, 0.15) is 0 Å². The van der Waals surface area contributed by atoms with E-state index in [-0.39, 0.29) is 31.9 Å². The van der Waals surface area contributed by atoms with Crippen LogP contribution in [0, 0.1) is 0 Å². The smallest absolute Gasteiger partial charge is 0.261 e. The number of nitrogens with zero attached hydrogens (tertiary/aromatic N) is 1. The van der Waals surface area contributed by atoms with Gasteiger partial charge in [0.15, 0.2) is 0 Å². The molecule has 0 bridgehead atoms. The SMILES string of the molecule is CN(c1ccccc1C(=O)Nc1ccc(S(=O)(=O)Nc2cccc(Cl)c2Cl)cc1)S(C)(=O)=O. The minimum Gasteiger partial charge on any atom is -0.322 e. The molecule has 0 aliphatic heterocycles. The van der Waals surface area contributed by atoms with Crippen molar-refractivity contribution in [2.24, 2.45) is 0 Å². The lowest BCUT2D eigenvalue weighted by molar-refractivity contribution is 0.102. The van der Waals surface area contributed by atoms with E-state index in [4.69, 9.17) is 23.2 Å². The fourth-order valence-electron chi connectivity index (χ4n) is 2.82. The number of carbonyl (C=O) groups is 1. The first kappa shape index (κ1) is 24.8. The largest absolute Gasteiger partial charge is 0.322 e. The van der Waals surface area contributed by atoms with Crippen molar-refractivity contribution in [3.63, 3.8) is 0 Å². The first-order chi connectivity index (χ1) is 15.4. The van der Waals surface area contributed by atoms with Crippen LogP contribution in [0.2, 0.25) is 10.0 Å². The molecule has 0 heterocycles. The summed E-state index contributed by atoms with van der Waals surface area (Å²) in [6.45, 7) is 0. The molecule has 0 aliphatic rings. The predicted octanol–water partition coefficient (Wildman–Crippen LogP) is 4.44. The van der Waals surface area contributed by atoms with E-state index in [1.807, 2.05) is 0 Å². The summed E-state index contributed by atoms with van der Waals surface area (Å²) in [5, 5.41) is 2.91. The Morgan fingerprint density at radius 1 is 0.879 bits per heavy atom. The van der Waals surface area contributed by atoms with Gasteiger partial charge in [-0.25, -0.2) is 16.8 Å². The van der Waals surface area contributed by atoms with E-state index in [2.05, 4.69) is 10.0 Å². The van der Waals surface area contributed by atoms with E-state index in [0.29, 0.717) is 5.69 Å². The predicted molar refractivity (Wildman–Crippen MR) is 131 cm³/mol. The van der Waals surface area contributed by atoms with Gasteiger partial charge in [-0.05, 0) is 48.5 Å². The van der Waals surface area contributed by atoms with E-state index in [1.54, 1.807) is 18.2 Å². The first-order valence-electron chi connectivity index (χ1n) is 9.31. The van der Waals surface area contributed by atoms with Crippen LogP contribution < -0.4 is 14.3 Å². The number of amides is 1. The van der Waals surface area contributed by atoms with E-state index in [9.17, 15) is 21.6 Å². The molecule has 33 heavy (non-hydrogen) atoms. The van der Waals surface area contributed by atoms with Crippen LogP contribution in [0.15, 0.2) is 71.6 Å². The Balaban J connectivity index is 1.80. The summed E-state index contributed by atoms with van der Waals surface area (Å²) in [5.74, 6) is -0.555. The second kappa shape index (κ2) is 9.60. The number of halogens is 2. The average molecular weight is 528 g/mol. The highest BCUT2D eigenvalue weighted by molar-refractivity contribution is 7.92. The molecule has 0 unspecified atom stereocenters. The monoisotopic (exact) mass is 527 g/mol. The van der Waals surface area contributed by atoms with E-state index >= 15 is 0 Å². The minimum atomic E-state index is -3.96. The van der Waals surface area contributed by atoms with Crippen molar-refractivity contribution in [2.75, 3.05) is 27.6 Å². The maximum absolute atomic E-state index is 12.8. The number of hydrogen-bond donors (Lipinski definition) is 2. The van der Waals surface area contributed by atoms with Crippen LogP contribution in [0.3, 0.4) is 0 Å². The Kier molecular flexibility index (Phi) is 7.23. The zero-order chi connectivity index (χ0) is 24.4. The third kappa shape index (κ3) is 5.77. The second-order valence-electron chi connectivity index (χ2n) is 6.93. The fraction of sp³-hybridized carbons (Fsp3) is 0.0952. The standard InChI is InChI=1S/C21H19Cl2N3O5S2/c1-26(32(2,28)29)19-9-4-3-6-16(19)21(27)24-14-10-12-15(13-11-14)33(30,31)25-18-8-5-7-17(22)20(18)23/h3-13,25H,1-2H3,(H,24,27). The molecule has 0 aromatic heterocycles. The highest BCUT2D eigenvalue weighted by Crippen LogP contribution is 2.31. The van der Waals surface area contributed by atoms with Gasteiger partial charge in [0.2, 0.25) is 10.0 Å². The fourth-order valence-corrected chi connectivity index (χ4v) is 4.81. The molecule has 0 fully saturated rings. The summed E-state index contributed by atoms with van der Waals surface area (Å²) in [7, 11) is -6.19. The lowest BCUT2D eigenvalue weighted by Crippen LogP contribution is -2.27. The molecule has 2 N–H and O–H groups in total. The maximum atomic E-state index is 12.8. The molecule has 3 rings (SSSR count). The number of carbonyl (C=O) groups excluding carboxylic acids is 1. The third-order valence-corrected chi connectivity index (χ3v) is 8.00. The normalized spacial score (nSPS) is 11.6. The number of benzene rings is 3. The number of sulfonamides is 2. The van der Waals surface area contributed by atoms with Crippen LogP contribution in [0.25, 0.3) is 0 Å². The number of nitrogens with one attached hydrogen (secondary N) is 2. The molecule has 3 aromatic carbocycles. The molecule has 0 saturated heterocycles. The third-order valence-electron chi connectivity index (χ3n) is 4.60. The zero-order valence-electron chi connectivity index (χ0n) is 17.4. The van der Waals surface area contributed by atoms with Crippen LogP contribution >= 0.6 is 23.2 Å².